The van der Waals surface area contributed by atoms with E-state index in [1.807, 2.05) is 49.4 Å². The average molecular weight is 433 g/mol. The van der Waals surface area contributed by atoms with E-state index in [9.17, 15) is 4.79 Å². The van der Waals surface area contributed by atoms with Gasteiger partial charge in [0.05, 0.1) is 10.2 Å². The fourth-order valence-corrected chi connectivity index (χ4v) is 5.83. The fourth-order valence-electron chi connectivity index (χ4n) is 3.52. The van der Waals surface area contributed by atoms with Crippen LogP contribution in [0.5, 0.6) is 0 Å². The van der Waals surface area contributed by atoms with E-state index >= 15 is 0 Å². The van der Waals surface area contributed by atoms with E-state index in [1.165, 1.54) is 22.3 Å². The second kappa shape index (κ2) is 8.62. The molecule has 0 atom stereocenters. The van der Waals surface area contributed by atoms with Crippen LogP contribution in [0.4, 0.5) is 5.69 Å². The van der Waals surface area contributed by atoms with Gasteiger partial charge in [0.15, 0.2) is 4.34 Å². The number of benzene rings is 3. The van der Waals surface area contributed by atoms with E-state index in [-0.39, 0.29) is 5.91 Å². The third-order valence-electron chi connectivity index (χ3n) is 5.12. The Morgan fingerprint density at radius 2 is 1.63 bits per heavy atom. The van der Waals surface area contributed by atoms with Gasteiger partial charge in [-0.1, -0.05) is 47.2 Å². The summed E-state index contributed by atoms with van der Waals surface area (Å²) >= 11 is 3.44. The molecule has 0 bridgehead atoms. The van der Waals surface area contributed by atoms with Crippen LogP contribution in [0.1, 0.15) is 38.2 Å². The summed E-state index contributed by atoms with van der Waals surface area (Å²) < 4.78 is 2.13. The highest BCUT2D eigenvalue weighted by molar-refractivity contribution is 8.00. The highest BCUT2D eigenvalue weighted by atomic mass is 32.2. The van der Waals surface area contributed by atoms with E-state index in [0.29, 0.717) is 5.56 Å². The molecule has 1 heterocycles. The molecule has 3 aromatic carbocycles. The van der Waals surface area contributed by atoms with Crippen LogP contribution in [0.25, 0.3) is 10.2 Å². The predicted molar refractivity (Wildman–Crippen MR) is 129 cm³/mol. The molecule has 0 radical (unpaired) electrons. The molecule has 3 nitrogen and oxygen atoms in total. The molecule has 0 unspecified atom stereocenters. The first-order valence-corrected chi connectivity index (χ1v) is 11.7. The van der Waals surface area contributed by atoms with Crippen molar-refractivity contribution < 1.29 is 4.79 Å². The maximum absolute atomic E-state index is 12.5. The molecular formula is C25H24N2OS2. The van der Waals surface area contributed by atoms with Crippen LogP contribution in [0.15, 0.2) is 58.9 Å². The molecule has 1 aromatic heterocycles. The second-order valence-corrected chi connectivity index (χ2v) is 9.90. The van der Waals surface area contributed by atoms with Crippen LogP contribution in [0, 0.1) is 27.7 Å². The SMILES string of the molecule is Cc1ccc(C(=O)Nc2ccc3nc(SCc4c(C)cc(C)cc4C)sc3c2)cc1. The minimum Gasteiger partial charge on any atom is -0.322 e. The third kappa shape index (κ3) is 4.58. The smallest absolute Gasteiger partial charge is 0.255 e. The molecular weight excluding hydrogens is 408 g/mol. The summed E-state index contributed by atoms with van der Waals surface area (Å²) in [6, 6.07) is 18.0. The Balaban J connectivity index is 1.48. The molecule has 0 aliphatic heterocycles. The average Bonchev–Trinajstić information content (AvgIpc) is 3.09. The van der Waals surface area contributed by atoms with E-state index in [0.717, 1.165) is 31.6 Å². The van der Waals surface area contributed by atoms with Crippen LogP contribution in [-0.4, -0.2) is 10.9 Å². The van der Waals surface area contributed by atoms with Crippen LogP contribution >= 0.6 is 23.1 Å². The van der Waals surface area contributed by atoms with Crippen molar-refractivity contribution in [2.24, 2.45) is 0 Å². The maximum atomic E-state index is 12.5. The van der Waals surface area contributed by atoms with Crippen molar-refractivity contribution in [2.45, 2.75) is 37.8 Å². The quantitative estimate of drug-likeness (QED) is 0.343. The number of fused-ring (bicyclic) bond motifs is 1. The Labute approximate surface area is 185 Å². The summed E-state index contributed by atoms with van der Waals surface area (Å²) in [4.78, 5) is 17.2. The summed E-state index contributed by atoms with van der Waals surface area (Å²) in [5.41, 5.74) is 8.91. The molecule has 30 heavy (non-hydrogen) atoms. The van der Waals surface area contributed by atoms with Crippen molar-refractivity contribution in [2.75, 3.05) is 5.32 Å². The molecule has 4 rings (SSSR count). The van der Waals surface area contributed by atoms with Gasteiger partial charge in [0.2, 0.25) is 0 Å². The number of hydrogen-bond donors (Lipinski definition) is 1. The van der Waals surface area contributed by atoms with Gasteiger partial charge in [-0.25, -0.2) is 4.98 Å². The number of hydrogen-bond acceptors (Lipinski definition) is 4. The maximum Gasteiger partial charge on any atom is 0.255 e. The number of carbonyl (C=O) groups excluding carboxylic acids is 1. The molecule has 1 N–H and O–H groups in total. The standard InChI is InChI=1S/C25H24N2OS2/c1-15-5-7-19(8-6-15)24(28)26-20-9-10-22-23(13-20)30-25(27-22)29-14-21-17(3)11-16(2)12-18(21)4/h5-13H,14H2,1-4H3,(H,26,28). The van der Waals surface area contributed by atoms with Crippen LogP contribution < -0.4 is 5.32 Å². The van der Waals surface area contributed by atoms with Gasteiger partial charge in [0.1, 0.15) is 0 Å². The number of thioether (sulfide) groups is 1. The number of aromatic nitrogens is 1. The van der Waals surface area contributed by atoms with Gasteiger partial charge in [-0.2, -0.15) is 0 Å². The van der Waals surface area contributed by atoms with Crippen LogP contribution in [0.2, 0.25) is 0 Å². The highest BCUT2D eigenvalue weighted by Crippen LogP contribution is 2.34. The molecule has 0 saturated carbocycles. The normalized spacial score (nSPS) is 11.1. The van der Waals surface area contributed by atoms with Crippen molar-refractivity contribution in [3.8, 4) is 0 Å². The van der Waals surface area contributed by atoms with Gasteiger partial charge in [-0.3, -0.25) is 4.79 Å². The van der Waals surface area contributed by atoms with Gasteiger partial charge in [0.25, 0.3) is 5.91 Å². The first-order chi connectivity index (χ1) is 14.4. The Kier molecular flexibility index (Phi) is 5.93. The lowest BCUT2D eigenvalue weighted by atomic mass is 10.0. The lowest BCUT2D eigenvalue weighted by Crippen LogP contribution is -2.11. The number of carbonyl (C=O) groups is 1. The van der Waals surface area contributed by atoms with Crippen molar-refractivity contribution >= 4 is 44.9 Å². The molecule has 152 valence electrons. The largest absolute Gasteiger partial charge is 0.322 e. The zero-order valence-corrected chi connectivity index (χ0v) is 19.2. The second-order valence-electron chi connectivity index (χ2n) is 7.65. The van der Waals surface area contributed by atoms with E-state index in [1.54, 1.807) is 23.1 Å². The Hall–Kier alpha value is -2.63. The number of thiazole rings is 1. The number of aryl methyl sites for hydroxylation is 4. The summed E-state index contributed by atoms with van der Waals surface area (Å²) in [7, 11) is 0. The minimum absolute atomic E-state index is 0.0983. The lowest BCUT2D eigenvalue weighted by Gasteiger charge is -2.10. The van der Waals surface area contributed by atoms with E-state index < -0.39 is 0 Å². The van der Waals surface area contributed by atoms with Gasteiger partial charge in [0, 0.05) is 17.0 Å². The number of nitrogens with zero attached hydrogens (tertiary/aromatic N) is 1. The number of amides is 1. The first kappa shape index (κ1) is 20.6. The van der Waals surface area contributed by atoms with Gasteiger partial charge in [-0.15, -0.1) is 11.3 Å². The third-order valence-corrected chi connectivity index (χ3v) is 7.31. The lowest BCUT2D eigenvalue weighted by molar-refractivity contribution is 0.102. The molecule has 4 aromatic rings. The molecule has 5 heteroatoms. The van der Waals surface area contributed by atoms with Crippen molar-refractivity contribution in [3.63, 3.8) is 0 Å². The number of anilines is 1. The number of nitrogens with one attached hydrogen (secondary N) is 1. The first-order valence-electron chi connectivity index (χ1n) is 9.87. The summed E-state index contributed by atoms with van der Waals surface area (Å²) in [6.07, 6.45) is 0. The highest BCUT2D eigenvalue weighted by Gasteiger charge is 2.11. The summed E-state index contributed by atoms with van der Waals surface area (Å²) in [6.45, 7) is 8.50. The minimum atomic E-state index is -0.0983. The topological polar surface area (TPSA) is 42.0 Å². The molecule has 0 saturated heterocycles. The van der Waals surface area contributed by atoms with Crippen molar-refractivity contribution in [3.05, 3.63) is 88.0 Å². The molecule has 0 spiro atoms. The van der Waals surface area contributed by atoms with Crippen molar-refractivity contribution in [1.82, 2.24) is 4.98 Å². The Bertz CT molecular complexity index is 1200. The fraction of sp³-hybridized carbons (Fsp3) is 0.200. The summed E-state index contributed by atoms with van der Waals surface area (Å²) in [5.74, 6) is 0.813. The Morgan fingerprint density at radius 3 is 2.33 bits per heavy atom. The van der Waals surface area contributed by atoms with Crippen molar-refractivity contribution in [1.29, 1.82) is 0 Å². The monoisotopic (exact) mass is 432 g/mol. The van der Waals surface area contributed by atoms with Crippen LogP contribution in [0.3, 0.4) is 0 Å². The van der Waals surface area contributed by atoms with Gasteiger partial charge < -0.3 is 5.32 Å². The molecule has 1 amide bonds. The van der Waals surface area contributed by atoms with Crippen LogP contribution in [-0.2, 0) is 5.75 Å². The molecule has 0 fully saturated rings. The van der Waals surface area contributed by atoms with Gasteiger partial charge >= 0.3 is 0 Å². The Morgan fingerprint density at radius 1 is 0.933 bits per heavy atom. The molecule has 0 aliphatic carbocycles. The van der Waals surface area contributed by atoms with Gasteiger partial charge in [-0.05, 0) is 74.7 Å². The van der Waals surface area contributed by atoms with E-state index in [4.69, 9.17) is 4.98 Å². The number of rotatable bonds is 5. The predicted octanol–water partition coefficient (Wildman–Crippen LogP) is 7.07. The molecule has 0 aliphatic rings. The summed E-state index contributed by atoms with van der Waals surface area (Å²) in [5, 5.41) is 2.99. The zero-order chi connectivity index (χ0) is 21.3. The van der Waals surface area contributed by atoms with E-state index in [2.05, 4.69) is 38.2 Å². The zero-order valence-electron chi connectivity index (χ0n) is 17.6.